The zero-order valence-corrected chi connectivity index (χ0v) is 8.14. The number of tetrazole rings is 1. The first-order chi connectivity index (χ1) is 6.74. The monoisotopic (exact) mass is 210 g/mol. The normalized spacial score (nSPS) is 10.1. The van der Waals surface area contributed by atoms with Gasteiger partial charge in [-0.25, -0.2) is 0 Å². The van der Waals surface area contributed by atoms with Crippen molar-refractivity contribution in [2.24, 2.45) is 7.05 Å². The van der Waals surface area contributed by atoms with E-state index in [0.29, 0.717) is 10.8 Å². The summed E-state index contributed by atoms with van der Waals surface area (Å²) in [5, 5.41) is 11.8. The van der Waals surface area contributed by atoms with E-state index in [9.17, 15) is 0 Å². The second kappa shape index (κ2) is 3.63. The van der Waals surface area contributed by atoms with E-state index < -0.39 is 0 Å². The third-order valence-corrected chi connectivity index (χ3v) is 1.76. The Morgan fingerprint density at radius 2 is 2.00 bits per heavy atom. The van der Waals surface area contributed by atoms with E-state index in [0.717, 1.165) is 0 Å². The van der Waals surface area contributed by atoms with Crippen LogP contribution in [-0.2, 0) is 7.05 Å². The zero-order chi connectivity index (χ0) is 9.97. The number of benzene rings is 1. The van der Waals surface area contributed by atoms with Crippen LogP contribution in [0.15, 0.2) is 24.3 Å². The van der Waals surface area contributed by atoms with E-state index in [1.54, 1.807) is 31.3 Å². The first kappa shape index (κ1) is 8.96. The third-order valence-electron chi connectivity index (χ3n) is 1.51. The van der Waals surface area contributed by atoms with Crippen LogP contribution in [0.4, 0.5) is 0 Å². The van der Waals surface area contributed by atoms with Crippen LogP contribution in [0.1, 0.15) is 0 Å². The first-order valence-corrected chi connectivity index (χ1v) is 4.29. The van der Waals surface area contributed by atoms with Gasteiger partial charge in [-0.2, -0.15) is 4.80 Å². The predicted molar refractivity (Wildman–Crippen MR) is 50.3 cm³/mol. The quantitative estimate of drug-likeness (QED) is 0.757. The minimum Gasteiger partial charge on any atom is -0.422 e. The van der Waals surface area contributed by atoms with Crippen LogP contribution in [-0.4, -0.2) is 20.2 Å². The number of nitrogens with zero attached hydrogens (tertiary/aromatic N) is 4. The largest absolute Gasteiger partial charge is 0.422 e. The second-order valence-electron chi connectivity index (χ2n) is 2.62. The molecule has 0 bridgehead atoms. The van der Waals surface area contributed by atoms with Crippen LogP contribution in [0.25, 0.3) is 0 Å². The molecule has 0 N–H and O–H groups in total. The second-order valence-corrected chi connectivity index (χ2v) is 3.05. The Labute approximate surface area is 85.3 Å². The molecule has 2 rings (SSSR count). The molecule has 0 amide bonds. The molecule has 1 heterocycles. The standard InChI is InChI=1S/C8H7ClN4O/c1-13-11-8(10-12-13)14-7-4-2-6(9)3-5-7/h2-5H,1H3. The van der Waals surface area contributed by atoms with Gasteiger partial charge in [-0.05, 0) is 29.5 Å². The molecule has 0 aliphatic heterocycles. The maximum atomic E-state index is 5.72. The van der Waals surface area contributed by atoms with Crippen LogP contribution in [0, 0.1) is 0 Å². The Morgan fingerprint density at radius 3 is 2.57 bits per heavy atom. The SMILES string of the molecule is Cn1nnc(Oc2ccc(Cl)cc2)n1. The van der Waals surface area contributed by atoms with E-state index in [4.69, 9.17) is 16.3 Å². The highest BCUT2D eigenvalue weighted by atomic mass is 35.5. The van der Waals surface area contributed by atoms with Gasteiger partial charge in [0.2, 0.25) is 0 Å². The molecule has 72 valence electrons. The maximum absolute atomic E-state index is 5.72. The van der Waals surface area contributed by atoms with Gasteiger partial charge in [0.15, 0.2) is 0 Å². The first-order valence-electron chi connectivity index (χ1n) is 3.91. The van der Waals surface area contributed by atoms with Crippen LogP contribution in [0.2, 0.25) is 5.02 Å². The van der Waals surface area contributed by atoms with Gasteiger partial charge in [0.05, 0.1) is 7.05 Å². The van der Waals surface area contributed by atoms with Gasteiger partial charge in [-0.1, -0.05) is 21.8 Å². The summed E-state index contributed by atoms with van der Waals surface area (Å²) in [5.74, 6) is 0.627. The summed E-state index contributed by atoms with van der Waals surface area (Å²) in [6.45, 7) is 0. The van der Waals surface area contributed by atoms with Crippen molar-refractivity contribution in [2.75, 3.05) is 0 Å². The zero-order valence-electron chi connectivity index (χ0n) is 7.38. The molecule has 2 aromatic rings. The molecule has 0 unspecified atom stereocenters. The minimum absolute atomic E-state index is 0.217. The van der Waals surface area contributed by atoms with Crippen molar-refractivity contribution in [3.63, 3.8) is 0 Å². The van der Waals surface area contributed by atoms with Gasteiger partial charge < -0.3 is 4.74 Å². The molecule has 0 spiro atoms. The average molecular weight is 211 g/mol. The van der Waals surface area contributed by atoms with Gasteiger partial charge in [0.1, 0.15) is 5.75 Å². The molecule has 0 saturated heterocycles. The van der Waals surface area contributed by atoms with Gasteiger partial charge >= 0.3 is 6.01 Å². The Morgan fingerprint density at radius 1 is 1.29 bits per heavy atom. The Hall–Kier alpha value is -1.62. The lowest BCUT2D eigenvalue weighted by molar-refractivity contribution is 0.439. The van der Waals surface area contributed by atoms with Crippen LogP contribution >= 0.6 is 11.6 Å². The molecule has 0 aliphatic rings. The van der Waals surface area contributed by atoms with Crippen molar-refractivity contribution >= 4 is 11.6 Å². The van der Waals surface area contributed by atoms with E-state index in [1.165, 1.54) is 4.80 Å². The van der Waals surface area contributed by atoms with E-state index >= 15 is 0 Å². The summed E-state index contributed by atoms with van der Waals surface area (Å²) in [6.07, 6.45) is 0. The van der Waals surface area contributed by atoms with Crippen molar-refractivity contribution in [1.29, 1.82) is 0 Å². The number of rotatable bonds is 2. The fourth-order valence-electron chi connectivity index (χ4n) is 0.916. The van der Waals surface area contributed by atoms with Crippen LogP contribution in [0.5, 0.6) is 11.8 Å². The van der Waals surface area contributed by atoms with Crippen LogP contribution in [0.3, 0.4) is 0 Å². The minimum atomic E-state index is 0.217. The Balaban J connectivity index is 2.15. The summed E-state index contributed by atoms with van der Waals surface area (Å²) < 4.78 is 5.29. The van der Waals surface area contributed by atoms with Gasteiger partial charge in [0.25, 0.3) is 0 Å². The van der Waals surface area contributed by atoms with Crippen LogP contribution < -0.4 is 4.74 Å². The topological polar surface area (TPSA) is 52.8 Å². The van der Waals surface area contributed by atoms with E-state index in [-0.39, 0.29) is 6.01 Å². The summed E-state index contributed by atoms with van der Waals surface area (Å²) >= 11 is 5.72. The molecule has 14 heavy (non-hydrogen) atoms. The molecular weight excluding hydrogens is 204 g/mol. The lowest BCUT2D eigenvalue weighted by Crippen LogP contribution is -1.92. The van der Waals surface area contributed by atoms with E-state index in [1.807, 2.05) is 0 Å². The molecule has 0 fully saturated rings. The number of hydrogen-bond acceptors (Lipinski definition) is 4. The number of aryl methyl sites for hydroxylation is 1. The molecule has 0 saturated carbocycles. The number of ether oxygens (including phenoxy) is 1. The van der Waals surface area contributed by atoms with Crippen molar-refractivity contribution < 1.29 is 4.74 Å². The fourth-order valence-corrected chi connectivity index (χ4v) is 1.04. The highest BCUT2D eigenvalue weighted by Gasteiger charge is 2.02. The lowest BCUT2D eigenvalue weighted by Gasteiger charge is -1.98. The molecule has 5 nitrogen and oxygen atoms in total. The van der Waals surface area contributed by atoms with Crippen molar-refractivity contribution in [2.45, 2.75) is 0 Å². The molecule has 0 atom stereocenters. The Kier molecular flexibility index (Phi) is 2.32. The smallest absolute Gasteiger partial charge is 0.361 e. The third kappa shape index (κ3) is 2.00. The summed E-state index contributed by atoms with van der Waals surface area (Å²) in [7, 11) is 1.67. The van der Waals surface area contributed by atoms with Gasteiger partial charge in [-0.3, -0.25) is 0 Å². The lowest BCUT2D eigenvalue weighted by atomic mass is 10.3. The highest BCUT2D eigenvalue weighted by molar-refractivity contribution is 6.30. The van der Waals surface area contributed by atoms with Gasteiger partial charge in [0, 0.05) is 5.02 Å². The molecule has 0 aliphatic carbocycles. The summed E-state index contributed by atoms with van der Waals surface area (Å²) in [5.41, 5.74) is 0. The molecule has 0 radical (unpaired) electrons. The number of halogens is 1. The van der Waals surface area contributed by atoms with Crippen molar-refractivity contribution in [3.8, 4) is 11.8 Å². The fraction of sp³-hybridized carbons (Fsp3) is 0.125. The average Bonchev–Trinajstić information content (AvgIpc) is 2.56. The van der Waals surface area contributed by atoms with Crippen molar-refractivity contribution in [3.05, 3.63) is 29.3 Å². The maximum Gasteiger partial charge on any atom is 0.361 e. The number of hydrogen-bond donors (Lipinski definition) is 0. The molecule has 1 aromatic carbocycles. The van der Waals surface area contributed by atoms with E-state index in [2.05, 4.69) is 15.4 Å². The number of aromatic nitrogens is 4. The molecule has 1 aromatic heterocycles. The van der Waals surface area contributed by atoms with Crippen molar-refractivity contribution in [1.82, 2.24) is 20.2 Å². The predicted octanol–water partition coefficient (Wildman–Crippen LogP) is 1.66. The van der Waals surface area contributed by atoms with Gasteiger partial charge in [-0.15, -0.1) is 0 Å². The Bertz CT molecular complexity index is 425. The summed E-state index contributed by atoms with van der Waals surface area (Å²) in [4.78, 5) is 1.32. The summed E-state index contributed by atoms with van der Waals surface area (Å²) in [6, 6.07) is 7.15. The highest BCUT2D eigenvalue weighted by Crippen LogP contribution is 2.19. The molecular formula is C8H7ClN4O. The molecule has 6 heteroatoms.